The van der Waals surface area contributed by atoms with Crippen LogP contribution in [0.15, 0.2) is 51.4 Å². The molecule has 2 fully saturated rings. The van der Waals surface area contributed by atoms with E-state index < -0.39 is 48.3 Å². The number of aromatic carboxylic acids is 1. The third kappa shape index (κ3) is 5.29. The highest BCUT2D eigenvalue weighted by molar-refractivity contribution is 7.14. The number of alkyl halides is 2. The van der Waals surface area contributed by atoms with Crippen LogP contribution in [0.1, 0.15) is 46.0 Å². The van der Waals surface area contributed by atoms with E-state index in [2.05, 4.69) is 15.3 Å². The minimum absolute atomic E-state index is 0.0632. The number of amidine groups is 1. The van der Waals surface area contributed by atoms with Crippen LogP contribution in [0.3, 0.4) is 0 Å². The van der Waals surface area contributed by atoms with Crippen molar-refractivity contribution in [1.82, 2.24) is 20.2 Å². The smallest absolute Gasteiger partial charge is 0.355 e. The fourth-order valence-electron chi connectivity index (χ4n) is 6.00. The first-order valence-corrected chi connectivity index (χ1v) is 15.3. The third-order valence-corrected chi connectivity index (χ3v) is 9.52. The number of aliphatic imine (C=N–C) groups is 1. The zero-order chi connectivity index (χ0) is 30.5. The maximum Gasteiger partial charge on any atom is 0.355 e. The molecule has 226 valence electrons. The van der Waals surface area contributed by atoms with E-state index in [1.54, 1.807) is 36.4 Å². The van der Waals surface area contributed by atoms with Crippen LogP contribution in [0.5, 0.6) is 0 Å². The summed E-state index contributed by atoms with van der Waals surface area (Å²) in [6.07, 6.45) is 1.98. The molecule has 3 aliphatic heterocycles. The monoisotopic (exact) mass is 632 g/mol. The van der Waals surface area contributed by atoms with E-state index >= 15 is 8.78 Å². The number of halogens is 3. The van der Waals surface area contributed by atoms with E-state index in [1.165, 1.54) is 33.7 Å². The number of thiazole rings is 2. The van der Waals surface area contributed by atoms with Gasteiger partial charge in [0, 0.05) is 41.8 Å². The summed E-state index contributed by atoms with van der Waals surface area (Å²) in [7, 11) is 0. The molecular formula is C28H27F3N6O4S2. The molecule has 0 unspecified atom stereocenters. The van der Waals surface area contributed by atoms with Gasteiger partial charge >= 0.3 is 11.9 Å². The van der Waals surface area contributed by atoms with Gasteiger partial charge < -0.3 is 20.1 Å². The number of carboxylic acids is 1. The Hall–Kier alpha value is -3.82. The molecule has 0 aliphatic carbocycles. The van der Waals surface area contributed by atoms with Crippen LogP contribution in [0, 0.1) is 12.7 Å². The molecule has 43 heavy (non-hydrogen) atoms. The first-order valence-electron chi connectivity index (χ1n) is 13.6. The Labute approximate surface area is 252 Å². The minimum atomic E-state index is -3.15. The highest BCUT2D eigenvalue weighted by Gasteiger charge is 2.60. The lowest BCUT2D eigenvalue weighted by Gasteiger charge is -2.31. The van der Waals surface area contributed by atoms with Crippen LogP contribution >= 0.6 is 22.7 Å². The Morgan fingerprint density at radius 3 is 2.79 bits per heavy atom. The lowest BCUT2D eigenvalue weighted by atomic mass is 9.92. The van der Waals surface area contributed by atoms with E-state index in [9.17, 15) is 19.1 Å². The van der Waals surface area contributed by atoms with Crippen molar-refractivity contribution >= 4 is 45.6 Å². The largest absolute Gasteiger partial charge is 0.476 e. The normalized spacial score (nSPS) is 23.2. The Bertz CT molecular complexity index is 1630. The second-order valence-corrected chi connectivity index (χ2v) is 12.1. The number of rotatable bonds is 8. The Morgan fingerprint density at radius 2 is 2.09 bits per heavy atom. The Kier molecular flexibility index (Phi) is 7.73. The molecule has 15 heteroatoms. The van der Waals surface area contributed by atoms with Crippen LogP contribution in [0.25, 0.3) is 0 Å². The van der Waals surface area contributed by atoms with E-state index in [-0.39, 0.29) is 36.1 Å². The number of hydrogen-bond donors (Lipinski definition) is 2. The zero-order valence-corrected chi connectivity index (χ0v) is 24.7. The first-order chi connectivity index (χ1) is 20.6. The summed E-state index contributed by atoms with van der Waals surface area (Å²) >= 11 is 2.33. The van der Waals surface area contributed by atoms with Crippen LogP contribution < -0.4 is 10.2 Å². The van der Waals surface area contributed by atoms with Gasteiger partial charge in [0.2, 0.25) is 0 Å². The van der Waals surface area contributed by atoms with Gasteiger partial charge in [0.15, 0.2) is 21.7 Å². The van der Waals surface area contributed by atoms with Gasteiger partial charge in [-0.15, -0.1) is 22.7 Å². The van der Waals surface area contributed by atoms with Gasteiger partial charge in [0.1, 0.15) is 17.9 Å². The number of benzene rings is 1. The fourth-order valence-corrected chi connectivity index (χ4v) is 7.45. The van der Waals surface area contributed by atoms with Gasteiger partial charge in [0.05, 0.1) is 18.7 Å². The van der Waals surface area contributed by atoms with Crippen LogP contribution in [0.4, 0.5) is 18.3 Å². The average molecular weight is 633 g/mol. The van der Waals surface area contributed by atoms with Gasteiger partial charge in [-0.2, -0.15) is 0 Å². The summed E-state index contributed by atoms with van der Waals surface area (Å²) in [5, 5.41) is 16.3. The lowest BCUT2D eigenvalue weighted by molar-refractivity contribution is -0.139. The number of likely N-dealkylation sites (tertiary alicyclic amines) is 1. The van der Waals surface area contributed by atoms with Gasteiger partial charge in [-0.1, -0.05) is 12.1 Å². The van der Waals surface area contributed by atoms with Crippen molar-refractivity contribution in [3.63, 3.8) is 0 Å². The molecule has 2 aromatic heterocycles. The van der Waals surface area contributed by atoms with Gasteiger partial charge in [-0.25, -0.2) is 32.7 Å². The standard InChI is InChI=1S/C28H27F3N6O4S2/c1-3-41-26(40)20-17(33-23(24-32-8-10-42-24)35-21(20)15-5-4-6-16(29)14(15)2)11-36-13-28(30,31)22-19(36)7-9-37(22)27-34-18(12-43-27)25(38)39/h4-6,8,10,12,19,21-22H,3,7,9,11,13H2,1-2H3,(H,33,35)(H,38,39)/t19-,21-,22+/m0/s1. The maximum atomic E-state index is 15.7. The number of carboxylic acid groups (broad SMARTS) is 1. The van der Waals surface area contributed by atoms with Gasteiger partial charge in [-0.05, 0) is 37.5 Å². The predicted octanol–water partition coefficient (Wildman–Crippen LogP) is 4.25. The third-order valence-electron chi connectivity index (χ3n) is 7.86. The topological polar surface area (TPSA) is 120 Å². The number of nitrogens with one attached hydrogen (secondary N) is 1. The number of aromatic nitrogens is 2. The van der Waals surface area contributed by atoms with Crippen molar-refractivity contribution in [2.24, 2.45) is 4.99 Å². The molecule has 0 amide bonds. The van der Waals surface area contributed by atoms with Crippen molar-refractivity contribution in [2.75, 3.05) is 31.1 Å². The molecule has 0 radical (unpaired) electrons. The van der Waals surface area contributed by atoms with E-state index in [4.69, 9.17) is 9.73 Å². The number of ether oxygens (including phenoxy) is 1. The summed E-state index contributed by atoms with van der Waals surface area (Å²) < 4.78 is 51.5. The molecule has 2 saturated heterocycles. The predicted molar refractivity (Wildman–Crippen MR) is 154 cm³/mol. The van der Waals surface area contributed by atoms with Crippen molar-refractivity contribution in [2.45, 2.75) is 44.3 Å². The van der Waals surface area contributed by atoms with Crippen LogP contribution in [-0.4, -0.2) is 82.0 Å². The highest BCUT2D eigenvalue weighted by Crippen LogP contribution is 2.45. The van der Waals surface area contributed by atoms with Crippen molar-refractivity contribution < 1.29 is 32.6 Å². The summed E-state index contributed by atoms with van der Waals surface area (Å²) in [6.45, 7) is 2.94. The van der Waals surface area contributed by atoms with Crippen molar-refractivity contribution in [3.05, 3.63) is 74.1 Å². The molecule has 10 nitrogen and oxygen atoms in total. The fraction of sp³-hybridized carbons (Fsp3) is 0.393. The molecule has 1 aromatic carbocycles. The maximum absolute atomic E-state index is 15.7. The number of anilines is 1. The minimum Gasteiger partial charge on any atom is -0.476 e. The number of hydrogen-bond acceptors (Lipinski definition) is 11. The summed E-state index contributed by atoms with van der Waals surface area (Å²) in [6, 6.07) is 1.73. The number of nitrogens with zero attached hydrogens (tertiary/aromatic N) is 5. The molecule has 0 saturated carbocycles. The molecule has 0 bridgehead atoms. The molecule has 2 N–H and O–H groups in total. The second kappa shape index (κ2) is 11.4. The van der Waals surface area contributed by atoms with Crippen molar-refractivity contribution in [1.29, 1.82) is 0 Å². The zero-order valence-electron chi connectivity index (χ0n) is 23.1. The quantitative estimate of drug-likeness (QED) is 0.351. The summed E-state index contributed by atoms with van der Waals surface area (Å²) in [5.74, 6) is -5.18. The van der Waals surface area contributed by atoms with E-state index in [0.29, 0.717) is 34.1 Å². The van der Waals surface area contributed by atoms with E-state index in [0.717, 1.165) is 11.3 Å². The Morgan fingerprint density at radius 1 is 1.28 bits per heavy atom. The van der Waals surface area contributed by atoms with Gasteiger partial charge in [-0.3, -0.25) is 9.89 Å². The van der Waals surface area contributed by atoms with Crippen molar-refractivity contribution in [3.8, 4) is 0 Å². The SMILES string of the molecule is CCOC(=O)C1=C(CN2CC(F)(F)[C@H]3[C@@H]2CCN3c2nc(C(=O)O)cs2)NC(c2nccs2)=N[C@H]1c1cccc(F)c1C. The van der Waals surface area contributed by atoms with Crippen LogP contribution in [0.2, 0.25) is 0 Å². The summed E-state index contributed by atoms with van der Waals surface area (Å²) in [4.78, 5) is 41.1. The molecular weight excluding hydrogens is 605 g/mol. The Balaban J connectivity index is 1.39. The highest BCUT2D eigenvalue weighted by atomic mass is 32.1. The first kappa shape index (κ1) is 29.3. The van der Waals surface area contributed by atoms with Crippen LogP contribution in [-0.2, 0) is 9.53 Å². The molecule has 5 heterocycles. The average Bonchev–Trinajstić information content (AvgIpc) is 3.76. The van der Waals surface area contributed by atoms with E-state index in [1.807, 2.05) is 0 Å². The number of esters is 1. The number of carbonyl (C=O) groups is 2. The molecule has 3 aromatic rings. The molecule has 3 aliphatic rings. The van der Waals surface area contributed by atoms with Gasteiger partial charge in [0.25, 0.3) is 5.92 Å². The number of fused-ring (bicyclic) bond motifs is 1. The molecule has 3 atom stereocenters. The number of carbonyl (C=O) groups excluding carboxylic acids is 1. The lowest BCUT2D eigenvalue weighted by Crippen LogP contribution is -2.45. The molecule has 0 spiro atoms. The second-order valence-electron chi connectivity index (χ2n) is 10.4. The molecule has 6 rings (SSSR count). The summed E-state index contributed by atoms with van der Waals surface area (Å²) in [5.41, 5.74) is 1.00.